The fourth-order valence-electron chi connectivity index (χ4n) is 1.74. The number of hydrogen-bond acceptors (Lipinski definition) is 3. The lowest BCUT2D eigenvalue weighted by Gasteiger charge is -2.24. The third-order valence-electron chi connectivity index (χ3n) is 2.46. The molecule has 1 heterocycles. The summed E-state index contributed by atoms with van der Waals surface area (Å²) in [5, 5.41) is 9.04. The van der Waals surface area contributed by atoms with E-state index < -0.39 is 0 Å². The Kier molecular flexibility index (Phi) is 5.64. The molecule has 94 valence electrons. The summed E-state index contributed by atoms with van der Waals surface area (Å²) in [4.78, 5) is 3.11. The molecule has 0 aromatic heterocycles. The molecule has 1 aliphatic rings. The average molecular weight is 250 g/mol. The Morgan fingerprint density at radius 3 is 2.41 bits per heavy atom. The first-order valence-electron chi connectivity index (χ1n) is 6.23. The van der Waals surface area contributed by atoms with Gasteiger partial charge in [0.05, 0.1) is 4.91 Å². The summed E-state index contributed by atoms with van der Waals surface area (Å²) in [6.07, 6.45) is 9.96. The van der Waals surface area contributed by atoms with Crippen LogP contribution in [0.25, 0.3) is 0 Å². The minimum Gasteiger partial charge on any atom is -0.377 e. The van der Waals surface area contributed by atoms with Gasteiger partial charge >= 0.3 is 0 Å². The average Bonchev–Trinajstić information content (AvgIpc) is 2.27. The Hall–Kier alpha value is -0.880. The predicted molar refractivity (Wildman–Crippen MR) is 75.6 cm³/mol. The van der Waals surface area contributed by atoms with Crippen LogP contribution >= 0.6 is 11.8 Å². The van der Waals surface area contributed by atoms with Crippen LogP contribution in [0.3, 0.4) is 0 Å². The zero-order valence-corrected chi connectivity index (χ0v) is 11.9. The second-order valence-corrected chi connectivity index (χ2v) is 7.16. The van der Waals surface area contributed by atoms with E-state index in [0.717, 1.165) is 18.0 Å². The quantitative estimate of drug-likeness (QED) is 0.561. The zero-order valence-electron chi connectivity index (χ0n) is 11.1. The molecular weight excluding hydrogens is 228 g/mol. The molecule has 0 saturated carbocycles. The first-order chi connectivity index (χ1) is 8.01. The molecular formula is C14H22N2S. The zero-order chi connectivity index (χ0) is 12.7. The number of thioether (sulfide) groups is 1. The Bertz CT molecular complexity index is 325. The lowest BCUT2D eigenvalue weighted by Crippen LogP contribution is -2.23. The van der Waals surface area contributed by atoms with Gasteiger partial charge in [-0.25, -0.2) is 0 Å². The van der Waals surface area contributed by atoms with Gasteiger partial charge in [-0.05, 0) is 37.6 Å². The molecule has 0 aliphatic carbocycles. The summed E-state index contributed by atoms with van der Waals surface area (Å²) in [7, 11) is 0. The molecule has 1 fully saturated rings. The fraction of sp³-hybridized carbons (Fsp3) is 0.643. The Morgan fingerprint density at radius 2 is 1.88 bits per heavy atom. The number of allylic oxidation sites excluding steroid dienone is 3. The molecule has 0 amide bonds. The minimum absolute atomic E-state index is 0.0977. The monoisotopic (exact) mass is 250 g/mol. The molecule has 0 aromatic carbocycles. The maximum atomic E-state index is 9.04. The van der Waals surface area contributed by atoms with Gasteiger partial charge in [0.15, 0.2) is 0 Å². The van der Waals surface area contributed by atoms with E-state index in [9.17, 15) is 0 Å². The highest BCUT2D eigenvalue weighted by Gasteiger charge is 2.13. The van der Waals surface area contributed by atoms with Crippen LogP contribution in [-0.4, -0.2) is 22.7 Å². The minimum atomic E-state index is 0.0977. The Morgan fingerprint density at radius 1 is 1.24 bits per heavy atom. The molecule has 0 bridgehead atoms. The largest absolute Gasteiger partial charge is 0.377 e. The van der Waals surface area contributed by atoms with Gasteiger partial charge in [0.2, 0.25) is 0 Å². The second-order valence-electron chi connectivity index (χ2n) is 5.30. The van der Waals surface area contributed by atoms with E-state index in [0.29, 0.717) is 0 Å². The highest BCUT2D eigenvalue weighted by molar-refractivity contribution is 8.04. The van der Waals surface area contributed by atoms with E-state index in [-0.39, 0.29) is 4.75 Å². The first kappa shape index (κ1) is 14.2. The van der Waals surface area contributed by atoms with Crippen molar-refractivity contribution in [3.05, 3.63) is 23.3 Å². The van der Waals surface area contributed by atoms with Crippen LogP contribution in [0.4, 0.5) is 0 Å². The fourth-order valence-corrected chi connectivity index (χ4v) is 2.60. The van der Waals surface area contributed by atoms with Crippen molar-refractivity contribution in [2.45, 2.75) is 44.8 Å². The topological polar surface area (TPSA) is 27.0 Å². The van der Waals surface area contributed by atoms with E-state index in [1.54, 1.807) is 11.8 Å². The van der Waals surface area contributed by atoms with Gasteiger partial charge < -0.3 is 4.90 Å². The van der Waals surface area contributed by atoms with Crippen molar-refractivity contribution >= 4 is 11.8 Å². The lowest BCUT2D eigenvalue weighted by atomic mass is 10.1. The van der Waals surface area contributed by atoms with E-state index in [1.165, 1.54) is 19.3 Å². The number of rotatable bonds is 3. The maximum Gasteiger partial charge on any atom is 0.106 e. The van der Waals surface area contributed by atoms with Gasteiger partial charge in [0.1, 0.15) is 6.07 Å². The van der Waals surface area contributed by atoms with Gasteiger partial charge in [-0.15, -0.1) is 11.8 Å². The van der Waals surface area contributed by atoms with Crippen molar-refractivity contribution < 1.29 is 0 Å². The molecule has 17 heavy (non-hydrogen) atoms. The predicted octanol–water partition coefficient (Wildman–Crippen LogP) is 3.93. The maximum absolute atomic E-state index is 9.04. The summed E-state index contributed by atoms with van der Waals surface area (Å²) >= 11 is 1.62. The molecule has 0 atom stereocenters. The van der Waals surface area contributed by atoms with Crippen LogP contribution < -0.4 is 0 Å². The normalized spacial score (nSPS) is 18.5. The van der Waals surface area contributed by atoms with Crippen LogP contribution in [0.15, 0.2) is 23.3 Å². The van der Waals surface area contributed by atoms with Gasteiger partial charge in [-0.2, -0.15) is 5.26 Å². The highest BCUT2D eigenvalue weighted by atomic mass is 32.2. The third-order valence-corrected chi connectivity index (χ3v) is 3.52. The molecule has 0 N–H and O–H groups in total. The Labute approximate surface area is 109 Å². The van der Waals surface area contributed by atoms with Crippen molar-refractivity contribution in [2.24, 2.45) is 0 Å². The van der Waals surface area contributed by atoms with Gasteiger partial charge in [0.25, 0.3) is 0 Å². The number of likely N-dealkylation sites (tertiary alicyclic amines) is 1. The SMILES string of the molecule is CC(C)(C)S/C(C#N)=C\C=C\N1CCCCC1. The van der Waals surface area contributed by atoms with E-state index >= 15 is 0 Å². The molecule has 1 aliphatic heterocycles. The number of nitrogens with zero attached hydrogens (tertiary/aromatic N) is 2. The van der Waals surface area contributed by atoms with Crippen molar-refractivity contribution in [1.82, 2.24) is 4.90 Å². The molecule has 0 spiro atoms. The van der Waals surface area contributed by atoms with Crippen molar-refractivity contribution in [2.75, 3.05) is 13.1 Å². The first-order valence-corrected chi connectivity index (χ1v) is 7.04. The number of hydrogen-bond donors (Lipinski definition) is 0. The third kappa shape index (κ3) is 6.43. The molecule has 2 nitrogen and oxygen atoms in total. The lowest BCUT2D eigenvalue weighted by molar-refractivity contribution is 0.309. The molecule has 0 aromatic rings. The smallest absolute Gasteiger partial charge is 0.106 e. The Balaban J connectivity index is 2.49. The molecule has 1 saturated heterocycles. The van der Waals surface area contributed by atoms with Crippen LogP contribution in [0.1, 0.15) is 40.0 Å². The summed E-state index contributed by atoms with van der Waals surface area (Å²) < 4.78 is 0.0977. The van der Waals surface area contributed by atoms with Gasteiger partial charge in [-0.1, -0.05) is 20.8 Å². The van der Waals surface area contributed by atoms with Crippen LogP contribution in [0.5, 0.6) is 0 Å². The second kappa shape index (κ2) is 6.76. The highest BCUT2D eigenvalue weighted by Crippen LogP contribution is 2.30. The van der Waals surface area contributed by atoms with E-state index in [2.05, 4.69) is 37.9 Å². The van der Waals surface area contributed by atoms with Crippen LogP contribution in [0.2, 0.25) is 0 Å². The summed E-state index contributed by atoms with van der Waals surface area (Å²) in [6, 6.07) is 2.25. The standard InChI is InChI=1S/C14H22N2S/c1-14(2,3)17-13(12-15)8-7-11-16-9-5-4-6-10-16/h7-8,11H,4-6,9-10H2,1-3H3/b11-7+,13-8-. The van der Waals surface area contributed by atoms with Gasteiger partial charge in [-0.3, -0.25) is 0 Å². The van der Waals surface area contributed by atoms with Crippen molar-refractivity contribution in [3.63, 3.8) is 0 Å². The molecule has 1 rings (SSSR count). The van der Waals surface area contributed by atoms with E-state index in [1.807, 2.05) is 12.2 Å². The van der Waals surface area contributed by atoms with Crippen LogP contribution in [-0.2, 0) is 0 Å². The van der Waals surface area contributed by atoms with Gasteiger partial charge in [0, 0.05) is 17.8 Å². The van der Waals surface area contributed by atoms with Crippen LogP contribution in [0, 0.1) is 11.3 Å². The van der Waals surface area contributed by atoms with E-state index in [4.69, 9.17) is 5.26 Å². The van der Waals surface area contributed by atoms with Crippen molar-refractivity contribution in [3.8, 4) is 6.07 Å². The molecule has 3 heteroatoms. The number of nitriles is 1. The van der Waals surface area contributed by atoms with Crippen molar-refractivity contribution in [1.29, 1.82) is 5.26 Å². The molecule has 0 radical (unpaired) electrons. The summed E-state index contributed by atoms with van der Waals surface area (Å²) in [6.45, 7) is 8.67. The summed E-state index contributed by atoms with van der Waals surface area (Å²) in [5.41, 5.74) is 0. The summed E-state index contributed by atoms with van der Waals surface area (Å²) in [5.74, 6) is 0. The molecule has 0 unspecified atom stereocenters. The number of piperidine rings is 1.